The van der Waals surface area contributed by atoms with Gasteiger partial charge in [0.2, 0.25) is 5.91 Å². The molecule has 1 aromatic carbocycles. The molecule has 0 aromatic heterocycles. The molecule has 1 heterocycles. The molecule has 6 heteroatoms. The first-order chi connectivity index (χ1) is 10.1. The van der Waals surface area contributed by atoms with Crippen molar-refractivity contribution in [1.29, 1.82) is 0 Å². The van der Waals surface area contributed by atoms with E-state index < -0.39 is 18.1 Å². The summed E-state index contributed by atoms with van der Waals surface area (Å²) in [6.07, 6.45) is 0.819. The van der Waals surface area contributed by atoms with Crippen molar-refractivity contribution in [2.45, 2.75) is 31.5 Å². The van der Waals surface area contributed by atoms with Gasteiger partial charge in [0.15, 0.2) is 0 Å². The van der Waals surface area contributed by atoms with Crippen molar-refractivity contribution in [1.82, 2.24) is 10.6 Å². The van der Waals surface area contributed by atoms with Gasteiger partial charge in [-0.1, -0.05) is 24.3 Å². The van der Waals surface area contributed by atoms with Crippen LogP contribution in [0.2, 0.25) is 0 Å². The Kier molecular flexibility index (Phi) is 5.30. The van der Waals surface area contributed by atoms with Crippen molar-refractivity contribution in [3.63, 3.8) is 0 Å². The second-order valence-corrected chi connectivity index (χ2v) is 5.09. The van der Waals surface area contributed by atoms with Gasteiger partial charge in [0.05, 0.1) is 6.04 Å². The minimum atomic E-state index is -1.04. The summed E-state index contributed by atoms with van der Waals surface area (Å²) in [5.74, 6) is -1.33. The predicted molar refractivity (Wildman–Crippen MR) is 76.8 cm³/mol. The average molecular weight is 292 g/mol. The van der Waals surface area contributed by atoms with E-state index in [2.05, 4.69) is 10.6 Å². The number of hydrogen-bond donors (Lipinski definition) is 3. The Morgan fingerprint density at radius 3 is 2.81 bits per heavy atom. The number of benzene rings is 1. The Morgan fingerprint density at radius 1 is 1.43 bits per heavy atom. The molecule has 21 heavy (non-hydrogen) atoms. The van der Waals surface area contributed by atoms with Crippen LogP contribution in [0.1, 0.15) is 17.5 Å². The second kappa shape index (κ2) is 7.19. The lowest BCUT2D eigenvalue weighted by atomic mass is 9.95. The van der Waals surface area contributed by atoms with E-state index in [1.54, 1.807) is 0 Å². The minimum Gasteiger partial charge on any atom is -0.480 e. The fraction of sp³-hybridized carbons (Fsp3) is 0.467. The third kappa shape index (κ3) is 4.03. The maximum Gasteiger partial charge on any atom is 0.326 e. The number of amides is 1. The van der Waals surface area contributed by atoms with Crippen LogP contribution in [0.15, 0.2) is 24.3 Å². The normalized spacial score (nSPS) is 18.6. The summed E-state index contributed by atoms with van der Waals surface area (Å²) in [7, 11) is 1.50. The van der Waals surface area contributed by atoms with E-state index in [4.69, 9.17) is 9.84 Å². The van der Waals surface area contributed by atoms with Crippen LogP contribution < -0.4 is 10.6 Å². The topological polar surface area (TPSA) is 87.7 Å². The minimum absolute atomic E-state index is 0.251. The SMILES string of the molecule is COCCC(NC(=O)C1Cc2ccccc2CN1)C(=O)O. The molecule has 0 fully saturated rings. The molecule has 1 aliphatic rings. The molecule has 0 bridgehead atoms. The molecule has 2 unspecified atom stereocenters. The smallest absolute Gasteiger partial charge is 0.326 e. The standard InChI is InChI=1S/C15H20N2O4/c1-21-7-6-12(15(19)20)17-14(18)13-8-10-4-2-3-5-11(10)9-16-13/h2-5,12-13,16H,6-9H2,1H3,(H,17,18)(H,19,20). The molecule has 0 saturated carbocycles. The molecule has 2 atom stereocenters. The Morgan fingerprint density at radius 2 is 2.14 bits per heavy atom. The molecule has 3 N–H and O–H groups in total. The van der Waals surface area contributed by atoms with E-state index >= 15 is 0 Å². The van der Waals surface area contributed by atoms with Crippen molar-refractivity contribution in [2.24, 2.45) is 0 Å². The molecule has 0 saturated heterocycles. The van der Waals surface area contributed by atoms with Crippen LogP contribution in [0, 0.1) is 0 Å². The lowest BCUT2D eigenvalue weighted by molar-refractivity contribution is -0.142. The van der Waals surface area contributed by atoms with E-state index in [0.717, 1.165) is 5.56 Å². The zero-order chi connectivity index (χ0) is 15.2. The van der Waals surface area contributed by atoms with Crippen LogP contribution in [-0.2, 0) is 27.3 Å². The van der Waals surface area contributed by atoms with Crippen LogP contribution in [0.3, 0.4) is 0 Å². The number of carbonyl (C=O) groups is 2. The van der Waals surface area contributed by atoms with E-state index in [-0.39, 0.29) is 18.9 Å². The first-order valence-electron chi connectivity index (χ1n) is 6.94. The highest BCUT2D eigenvalue weighted by Crippen LogP contribution is 2.16. The number of rotatable bonds is 6. The largest absolute Gasteiger partial charge is 0.480 e. The molecular formula is C15H20N2O4. The Hall–Kier alpha value is -1.92. The molecule has 0 radical (unpaired) electrons. The number of fused-ring (bicyclic) bond motifs is 1. The van der Waals surface area contributed by atoms with Crippen molar-refractivity contribution in [2.75, 3.05) is 13.7 Å². The van der Waals surface area contributed by atoms with E-state index in [1.165, 1.54) is 12.7 Å². The lowest BCUT2D eigenvalue weighted by Gasteiger charge is -2.26. The summed E-state index contributed by atoms with van der Waals surface area (Å²) in [6.45, 7) is 0.905. The van der Waals surface area contributed by atoms with Gasteiger partial charge in [-0.05, 0) is 17.5 Å². The van der Waals surface area contributed by atoms with E-state index in [1.807, 2.05) is 24.3 Å². The van der Waals surface area contributed by atoms with Crippen LogP contribution in [0.4, 0.5) is 0 Å². The van der Waals surface area contributed by atoms with Gasteiger partial charge in [0.25, 0.3) is 0 Å². The number of nitrogens with one attached hydrogen (secondary N) is 2. The van der Waals surface area contributed by atoms with Crippen molar-refractivity contribution < 1.29 is 19.4 Å². The van der Waals surface area contributed by atoms with Gasteiger partial charge in [-0.15, -0.1) is 0 Å². The maximum atomic E-state index is 12.2. The molecule has 0 aliphatic carbocycles. The quantitative estimate of drug-likeness (QED) is 0.702. The third-order valence-electron chi connectivity index (χ3n) is 3.62. The van der Waals surface area contributed by atoms with Gasteiger partial charge in [0.1, 0.15) is 6.04 Å². The summed E-state index contributed by atoms with van der Waals surface area (Å²) in [6, 6.07) is 6.61. The number of hydrogen-bond acceptors (Lipinski definition) is 4. The number of carboxylic acids is 1. The third-order valence-corrected chi connectivity index (χ3v) is 3.62. The predicted octanol–water partition coefficient (Wildman–Crippen LogP) is 0.307. The summed E-state index contributed by atoms with van der Waals surface area (Å²) >= 11 is 0. The number of carbonyl (C=O) groups excluding carboxylic acids is 1. The number of carboxylic acid groups (broad SMARTS) is 1. The fourth-order valence-corrected chi connectivity index (χ4v) is 2.41. The van der Waals surface area contributed by atoms with Gasteiger partial charge in [0, 0.05) is 26.7 Å². The highest BCUT2D eigenvalue weighted by molar-refractivity contribution is 5.87. The van der Waals surface area contributed by atoms with Crippen LogP contribution >= 0.6 is 0 Å². The van der Waals surface area contributed by atoms with Gasteiger partial charge >= 0.3 is 5.97 Å². The summed E-state index contributed by atoms with van der Waals surface area (Å²) in [5, 5.41) is 14.8. The first-order valence-corrected chi connectivity index (χ1v) is 6.94. The van der Waals surface area contributed by atoms with Gasteiger partial charge in [-0.2, -0.15) is 0 Å². The van der Waals surface area contributed by atoms with Gasteiger partial charge in [-0.25, -0.2) is 4.79 Å². The molecule has 6 nitrogen and oxygen atoms in total. The molecule has 114 valence electrons. The maximum absolute atomic E-state index is 12.2. The first kappa shape index (κ1) is 15.5. The molecule has 2 rings (SSSR count). The highest BCUT2D eigenvalue weighted by atomic mass is 16.5. The van der Waals surface area contributed by atoms with Gasteiger partial charge < -0.3 is 20.5 Å². The molecule has 1 aromatic rings. The Bertz CT molecular complexity index is 518. The Labute approximate surface area is 123 Å². The second-order valence-electron chi connectivity index (χ2n) is 5.09. The summed E-state index contributed by atoms with van der Waals surface area (Å²) < 4.78 is 4.87. The average Bonchev–Trinajstić information content (AvgIpc) is 2.50. The number of methoxy groups -OCH3 is 1. The van der Waals surface area contributed by atoms with Crippen LogP contribution in [0.25, 0.3) is 0 Å². The summed E-state index contributed by atoms with van der Waals surface area (Å²) in [4.78, 5) is 23.3. The zero-order valence-electron chi connectivity index (χ0n) is 12.0. The van der Waals surface area contributed by atoms with Crippen molar-refractivity contribution >= 4 is 11.9 Å². The van der Waals surface area contributed by atoms with Crippen LogP contribution in [-0.4, -0.2) is 42.8 Å². The fourth-order valence-electron chi connectivity index (χ4n) is 2.41. The highest BCUT2D eigenvalue weighted by Gasteiger charge is 2.27. The molecule has 1 aliphatic heterocycles. The van der Waals surface area contributed by atoms with Crippen molar-refractivity contribution in [3.05, 3.63) is 35.4 Å². The van der Waals surface area contributed by atoms with Gasteiger partial charge in [-0.3, -0.25) is 4.79 Å². The number of ether oxygens (including phenoxy) is 1. The van der Waals surface area contributed by atoms with E-state index in [9.17, 15) is 9.59 Å². The zero-order valence-corrected chi connectivity index (χ0v) is 12.0. The molecule has 1 amide bonds. The molecular weight excluding hydrogens is 272 g/mol. The lowest BCUT2D eigenvalue weighted by Crippen LogP contribution is -2.52. The number of aliphatic carboxylic acids is 1. The van der Waals surface area contributed by atoms with Crippen molar-refractivity contribution in [3.8, 4) is 0 Å². The molecule has 0 spiro atoms. The van der Waals surface area contributed by atoms with E-state index in [0.29, 0.717) is 13.0 Å². The Balaban J connectivity index is 1.96. The van der Waals surface area contributed by atoms with Crippen LogP contribution in [0.5, 0.6) is 0 Å². The summed E-state index contributed by atoms with van der Waals surface area (Å²) in [5.41, 5.74) is 2.30. The monoisotopic (exact) mass is 292 g/mol.